The van der Waals surface area contributed by atoms with Crippen LogP contribution in [-0.4, -0.2) is 37.3 Å². The first-order valence-electron chi connectivity index (χ1n) is 8.16. The highest BCUT2D eigenvalue weighted by Gasteiger charge is 2.27. The van der Waals surface area contributed by atoms with Gasteiger partial charge < -0.3 is 11.1 Å². The van der Waals surface area contributed by atoms with Gasteiger partial charge in [-0.25, -0.2) is 8.42 Å². The molecule has 1 aromatic carbocycles. The third kappa shape index (κ3) is 6.26. The average Bonchev–Trinajstić information content (AvgIpc) is 2.51. The van der Waals surface area contributed by atoms with Crippen molar-refractivity contribution >= 4 is 28.3 Å². The quantitative estimate of drug-likeness (QED) is 0.710. The van der Waals surface area contributed by atoms with Crippen molar-refractivity contribution < 1.29 is 13.2 Å². The SMILES string of the molecule is CCCC(C)(N)C(=O)NCc1ccc(S(=O)(=O)N(C)C(C)C)cc1.Cl. The van der Waals surface area contributed by atoms with Gasteiger partial charge in [-0.2, -0.15) is 4.31 Å². The van der Waals surface area contributed by atoms with Gasteiger partial charge in [0.2, 0.25) is 15.9 Å². The van der Waals surface area contributed by atoms with Crippen molar-refractivity contribution in [3.05, 3.63) is 29.8 Å². The molecular formula is C17H30ClN3O3S. The summed E-state index contributed by atoms with van der Waals surface area (Å²) in [6.07, 6.45) is 1.44. The number of rotatable bonds is 8. The van der Waals surface area contributed by atoms with Gasteiger partial charge in [0.1, 0.15) is 0 Å². The summed E-state index contributed by atoms with van der Waals surface area (Å²) in [5, 5.41) is 2.80. The number of benzene rings is 1. The normalized spacial score (nSPS) is 14.1. The van der Waals surface area contributed by atoms with Crippen molar-refractivity contribution in [1.82, 2.24) is 9.62 Å². The van der Waals surface area contributed by atoms with Gasteiger partial charge in [0.05, 0.1) is 10.4 Å². The van der Waals surface area contributed by atoms with Crippen molar-refractivity contribution in [3.8, 4) is 0 Å². The highest BCUT2D eigenvalue weighted by atomic mass is 35.5. The molecular weight excluding hydrogens is 362 g/mol. The number of nitrogens with two attached hydrogens (primary N) is 1. The Labute approximate surface area is 157 Å². The van der Waals surface area contributed by atoms with E-state index >= 15 is 0 Å². The lowest BCUT2D eigenvalue weighted by molar-refractivity contribution is -0.126. The fraction of sp³-hybridized carbons (Fsp3) is 0.588. The van der Waals surface area contributed by atoms with E-state index in [0.717, 1.165) is 12.0 Å². The number of nitrogens with zero attached hydrogens (tertiary/aromatic N) is 1. The highest BCUT2D eigenvalue weighted by molar-refractivity contribution is 7.89. The molecule has 25 heavy (non-hydrogen) atoms. The minimum atomic E-state index is -3.49. The molecule has 6 nitrogen and oxygen atoms in total. The van der Waals surface area contributed by atoms with Crippen LogP contribution in [0.25, 0.3) is 0 Å². The third-order valence-corrected chi connectivity index (χ3v) is 6.12. The number of halogens is 1. The molecule has 0 heterocycles. The Morgan fingerprint density at radius 1 is 1.28 bits per heavy atom. The molecule has 3 N–H and O–H groups in total. The van der Waals surface area contributed by atoms with Crippen LogP contribution in [0.3, 0.4) is 0 Å². The van der Waals surface area contributed by atoms with Crippen LogP contribution in [0.1, 0.15) is 46.1 Å². The van der Waals surface area contributed by atoms with Crippen molar-refractivity contribution in [3.63, 3.8) is 0 Å². The Hall–Kier alpha value is -1.15. The molecule has 0 bridgehead atoms. The zero-order valence-electron chi connectivity index (χ0n) is 15.6. The minimum absolute atomic E-state index is 0. The number of nitrogens with one attached hydrogen (secondary N) is 1. The maximum absolute atomic E-state index is 12.4. The minimum Gasteiger partial charge on any atom is -0.350 e. The molecule has 1 atom stereocenters. The summed E-state index contributed by atoms with van der Waals surface area (Å²) in [6, 6.07) is 6.41. The van der Waals surface area contributed by atoms with E-state index in [9.17, 15) is 13.2 Å². The number of carbonyl (C=O) groups excluding carboxylic acids is 1. The van der Waals surface area contributed by atoms with Crippen molar-refractivity contribution in [2.75, 3.05) is 7.05 Å². The van der Waals surface area contributed by atoms with E-state index in [1.165, 1.54) is 4.31 Å². The van der Waals surface area contributed by atoms with Crippen LogP contribution >= 0.6 is 12.4 Å². The van der Waals surface area contributed by atoms with E-state index in [0.29, 0.717) is 13.0 Å². The van der Waals surface area contributed by atoms with Crippen LogP contribution in [0.15, 0.2) is 29.2 Å². The van der Waals surface area contributed by atoms with Gasteiger partial charge in [-0.1, -0.05) is 25.5 Å². The second-order valence-electron chi connectivity index (χ2n) is 6.61. The predicted molar refractivity (Wildman–Crippen MR) is 103 cm³/mol. The molecule has 1 unspecified atom stereocenters. The molecule has 0 aromatic heterocycles. The van der Waals surface area contributed by atoms with Gasteiger partial charge in [0, 0.05) is 19.6 Å². The van der Waals surface area contributed by atoms with E-state index in [1.807, 2.05) is 20.8 Å². The number of hydrogen-bond donors (Lipinski definition) is 2. The molecule has 0 saturated carbocycles. The first kappa shape index (κ1) is 23.9. The maximum Gasteiger partial charge on any atom is 0.243 e. The number of amides is 1. The summed E-state index contributed by atoms with van der Waals surface area (Å²) >= 11 is 0. The lowest BCUT2D eigenvalue weighted by Crippen LogP contribution is -2.51. The van der Waals surface area contributed by atoms with Gasteiger partial charge in [-0.05, 0) is 44.9 Å². The molecule has 0 saturated heterocycles. The van der Waals surface area contributed by atoms with Crippen LogP contribution in [0, 0.1) is 0 Å². The molecule has 0 aliphatic carbocycles. The Bertz CT molecular complexity index is 658. The first-order chi connectivity index (χ1) is 11.0. The lowest BCUT2D eigenvalue weighted by atomic mass is 9.96. The van der Waals surface area contributed by atoms with Crippen LogP contribution in [0.2, 0.25) is 0 Å². The molecule has 1 rings (SSSR count). The Kier molecular flexibility index (Phi) is 9.08. The summed E-state index contributed by atoms with van der Waals surface area (Å²) in [5.41, 5.74) is 5.91. The van der Waals surface area contributed by atoms with Crippen LogP contribution in [-0.2, 0) is 21.4 Å². The van der Waals surface area contributed by atoms with Crippen LogP contribution in [0.4, 0.5) is 0 Å². The van der Waals surface area contributed by atoms with Gasteiger partial charge in [0.25, 0.3) is 0 Å². The van der Waals surface area contributed by atoms with E-state index in [1.54, 1.807) is 38.2 Å². The fourth-order valence-corrected chi connectivity index (χ4v) is 3.61. The van der Waals surface area contributed by atoms with E-state index in [2.05, 4.69) is 5.32 Å². The van der Waals surface area contributed by atoms with Gasteiger partial charge in [-0.3, -0.25) is 4.79 Å². The van der Waals surface area contributed by atoms with Crippen LogP contribution in [0.5, 0.6) is 0 Å². The lowest BCUT2D eigenvalue weighted by Gasteiger charge is -2.23. The van der Waals surface area contributed by atoms with Gasteiger partial charge in [0.15, 0.2) is 0 Å². The fourth-order valence-electron chi connectivity index (χ4n) is 2.24. The number of sulfonamides is 1. The van der Waals surface area contributed by atoms with E-state index in [-0.39, 0.29) is 29.3 Å². The smallest absolute Gasteiger partial charge is 0.243 e. The Morgan fingerprint density at radius 2 is 1.80 bits per heavy atom. The molecule has 144 valence electrons. The summed E-state index contributed by atoms with van der Waals surface area (Å²) < 4.78 is 26.1. The maximum atomic E-state index is 12.4. The van der Waals surface area contributed by atoms with E-state index in [4.69, 9.17) is 5.73 Å². The van der Waals surface area contributed by atoms with E-state index < -0.39 is 15.6 Å². The van der Waals surface area contributed by atoms with Gasteiger partial charge >= 0.3 is 0 Å². The zero-order valence-corrected chi connectivity index (χ0v) is 17.2. The average molecular weight is 392 g/mol. The summed E-state index contributed by atoms with van der Waals surface area (Å²) in [4.78, 5) is 12.3. The molecule has 0 aliphatic heterocycles. The number of hydrogen-bond acceptors (Lipinski definition) is 4. The monoisotopic (exact) mass is 391 g/mol. The first-order valence-corrected chi connectivity index (χ1v) is 9.60. The Balaban J connectivity index is 0.00000576. The van der Waals surface area contributed by atoms with Gasteiger partial charge in [-0.15, -0.1) is 12.4 Å². The summed E-state index contributed by atoms with van der Waals surface area (Å²) in [6.45, 7) is 7.65. The molecule has 1 aromatic rings. The van der Waals surface area contributed by atoms with Crippen LogP contribution < -0.4 is 11.1 Å². The molecule has 1 amide bonds. The predicted octanol–water partition coefficient (Wildman–Crippen LogP) is 2.27. The van der Waals surface area contributed by atoms with Crippen molar-refractivity contribution in [2.24, 2.45) is 5.73 Å². The molecule has 0 spiro atoms. The second-order valence-corrected chi connectivity index (χ2v) is 8.61. The Morgan fingerprint density at radius 3 is 2.24 bits per heavy atom. The van der Waals surface area contributed by atoms with Crippen molar-refractivity contribution in [1.29, 1.82) is 0 Å². The number of carbonyl (C=O) groups is 1. The molecule has 0 aliphatic rings. The molecule has 0 radical (unpaired) electrons. The third-order valence-electron chi connectivity index (χ3n) is 4.07. The zero-order chi connectivity index (χ0) is 18.5. The topological polar surface area (TPSA) is 92.5 Å². The largest absolute Gasteiger partial charge is 0.350 e. The molecule has 0 fully saturated rings. The summed E-state index contributed by atoms with van der Waals surface area (Å²) in [7, 11) is -1.93. The summed E-state index contributed by atoms with van der Waals surface area (Å²) in [5.74, 6) is -0.208. The van der Waals surface area contributed by atoms with Crippen molar-refractivity contribution in [2.45, 2.75) is 63.6 Å². The second kappa shape index (κ2) is 9.52. The highest BCUT2D eigenvalue weighted by Crippen LogP contribution is 2.17. The standard InChI is InChI=1S/C17H29N3O3S.ClH/c1-6-11-17(4,18)16(21)19-12-14-7-9-15(10-8-14)24(22,23)20(5)13(2)3;/h7-10,13H,6,11-12,18H2,1-5H3,(H,19,21);1H. The molecule has 8 heteroatoms.